The normalized spacial score (nSPS) is 12.6. The molecule has 1 aromatic carbocycles. The highest BCUT2D eigenvalue weighted by molar-refractivity contribution is 5.87. The predicted octanol–water partition coefficient (Wildman–Crippen LogP) is 3.59. The van der Waals surface area contributed by atoms with Gasteiger partial charge in [0.2, 0.25) is 5.95 Å². The van der Waals surface area contributed by atoms with E-state index in [1.165, 1.54) is 0 Å². The van der Waals surface area contributed by atoms with Gasteiger partial charge in [0, 0.05) is 37.1 Å². The van der Waals surface area contributed by atoms with Gasteiger partial charge in [0.1, 0.15) is 0 Å². The van der Waals surface area contributed by atoms with Crippen molar-refractivity contribution in [2.24, 2.45) is 11.7 Å². The highest BCUT2D eigenvalue weighted by Gasteiger charge is 2.18. The number of benzene rings is 1. The first-order chi connectivity index (χ1) is 13.4. The van der Waals surface area contributed by atoms with E-state index in [2.05, 4.69) is 48.6 Å². The summed E-state index contributed by atoms with van der Waals surface area (Å²) in [4.78, 5) is 14.0. The van der Waals surface area contributed by atoms with Crippen molar-refractivity contribution in [1.29, 1.82) is 0 Å². The van der Waals surface area contributed by atoms with Gasteiger partial charge in [-0.1, -0.05) is 19.9 Å². The molecule has 1 atom stereocenters. The van der Waals surface area contributed by atoms with Crippen LogP contribution >= 0.6 is 0 Å². The smallest absolute Gasteiger partial charge is 0.227 e. The molecule has 150 valence electrons. The van der Waals surface area contributed by atoms with Crippen molar-refractivity contribution >= 4 is 34.3 Å². The van der Waals surface area contributed by atoms with Gasteiger partial charge in [-0.2, -0.15) is 9.97 Å². The molecule has 0 aliphatic carbocycles. The molecule has 0 fully saturated rings. The van der Waals surface area contributed by atoms with Crippen molar-refractivity contribution in [3.63, 3.8) is 0 Å². The first-order valence-corrected chi connectivity index (χ1v) is 9.69. The number of nitrogens with one attached hydrogen (secondary N) is 3. The van der Waals surface area contributed by atoms with E-state index in [1.54, 1.807) is 0 Å². The fraction of sp³-hybridized carbons (Fsp3) is 0.450. The summed E-state index contributed by atoms with van der Waals surface area (Å²) in [5.41, 5.74) is 9.40. The van der Waals surface area contributed by atoms with Crippen molar-refractivity contribution in [1.82, 2.24) is 19.5 Å². The van der Waals surface area contributed by atoms with Gasteiger partial charge in [0.05, 0.1) is 6.33 Å². The van der Waals surface area contributed by atoms with Crippen LogP contribution in [0.5, 0.6) is 0 Å². The van der Waals surface area contributed by atoms with Crippen LogP contribution in [0.4, 0.5) is 23.1 Å². The molecule has 2 heterocycles. The minimum atomic E-state index is 0.0911. The quantitative estimate of drug-likeness (QED) is 0.472. The zero-order valence-electron chi connectivity index (χ0n) is 17.2. The van der Waals surface area contributed by atoms with Crippen LogP contribution in [-0.2, 0) is 0 Å². The number of hydrogen-bond donors (Lipinski definition) is 4. The summed E-state index contributed by atoms with van der Waals surface area (Å²) in [6, 6.07) is 8.35. The Bertz CT molecular complexity index is 931. The van der Waals surface area contributed by atoms with E-state index in [-0.39, 0.29) is 12.1 Å². The lowest BCUT2D eigenvalue weighted by Crippen LogP contribution is -2.34. The minimum absolute atomic E-state index is 0.0911. The molecule has 2 aromatic heterocycles. The van der Waals surface area contributed by atoms with Crippen molar-refractivity contribution in [2.45, 2.75) is 39.8 Å². The first-order valence-electron chi connectivity index (χ1n) is 9.69. The molecule has 3 rings (SSSR count). The SMILES string of the molecule is CNc1cccc(Nc2nc(NC(CN)C(C)C)nc3c2ncn3C(C)C)c1. The van der Waals surface area contributed by atoms with Crippen LogP contribution in [0.3, 0.4) is 0 Å². The molecular formula is C20H30N8. The third kappa shape index (κ3) is 4.17. The number of hydrogen-bond acceptors (Lipinski definition) is 7. The molecule has 0 spiro atoms. The molecule has 0 saturated heterocycles. The van der Waals surface area contributed by atoms with Crippen LogP contribution < -0.4 is 21.7 Å². The number of rotatable bonds is 8. The standard InChI is InChI=1S/C20H30N8/c1-12(2)16(10-21)25-20-26-18(24-15-8-6-7-14(9-15)22-5)17-19(27-20)28(11-23-17)13(3)4/h6-9,11-13,16,22H,10,21H2,1-5H3,(H2,24,25,26,27). The Morgan fingerprint density at radius 3 is 2.50 bits per heavy atom. The lowest BCUT2D eigenvalue weighted by molar-refractivity contribution is 0.528. The van der Waals surface area contributed by atoms with E-state index in [0.717, 1.165) is 22.5 Å². The van der Waals surface area contributed by atoms with Gasteiger partial charge in [-0.3, -0.25) is 0 Å². The van der Waals surface area contributed by atoms with E-state index >= 15 is 0 Å². The lowest BCUT2D eigenvalue weighted by Gasteiger charge is -2.21. The van der Waals surface area contributed by atoms with Crippen LogP contribution in [0.25, 0.3) is 11.2 Å². The molecule has 5 N–H and O–H groups in total. The van der Waals surface area contributed by atoms with Gasteiger partial charge in [0.25, 0.3) is 0 Å². The lowest BCUT2D eigenvalue weighted by atomic mass is 10.1. The summed E-state index contributed by atoms with van der Waals surface area (Å²) < 4.78 is 2.05. The molecular weight excluding hydrogens is 352 g/mol. The Kier molecular flexibility index (Phi) is 5.99. The zero-order chi connectivity index (χ0) is 20.3. The fourth-order valence-electron chi connectivity index (χ4n) is 3.00. The maximum atomic E-state index is 5.93. The van der Waals surface area contributed by atoms with Crippen molar-refractivity contribution in [3.05, 3.63) is 30.6 Å². The monoisotopic (exact) mass is 382 g/mol. The van der Waals surface area contributed by atoms with Gasteiger partial charge >= 0.3 is 0 Å². The van der Waals surface area contributed by atoms with E-state index in [9.17, 15) is 0 Å². The Balaban J connectivity index is 2.06. The van der Waals surface area contributed by atoms with Gasteiger partial charge in [-0.25, -0.2) is 4.98 Å². The molecule has 0 bridgehead atoms. The molecule has 1 unspecified atom stereocenters. The number of nitrogens with zero attached hydrogens (tertiary/aromatic N) is 4. The molecule has 3 aromatic rings. The zero-order valence-corrected chi connectivity index (χ0v) is 17.2. The number of fused-ring (bicyclic) bond motifs is 1. The Hall–Kier alpha value is -2.87. The summed E-state index contributed by atoms with van der Waals surface area (Å²) >= 11 is 0. The summed E-state index contributed by atoms with van der Waals surface area (Å²) in [6.07, 6.45) is 1.81. The van der Waals surface area contributed by atoms with Crippen molar-refractivity contribution in [2.75, 3.05) is 29.5 Å². The number of nitrogens with two attached hydrogens (primary N) is 1. The number of anilines is 4. The third-order valence-corrected chi connectivity index (χ3v) is 4.76. The van der Waals surface area contributed by atoms with E-state index in [0.29, 0.717) is 24.2 Å². The van der Waals surface area contributed by atoms with Gasteiger partial charge in [-0.05, 0) is 38.0 Å². The summed E-state index contributed by atoms with van der Waals surface area (Å²) in [6.45, 7) is 8.98. The summed E-state index contributed by atoms with van der Waals surface area (Å²) in [5, 5.41) is 9.93. The highest BCUT2D eigenvalue weighted by atomic mass is 15.2. The minimum Gasteiger partial charge on any atom is -0.388 e. The van der Waals surface area contributed by atoms with Crippen LogP contribution in [0, 0.1) is 5.92 Å². The predicted molar refractivity (Wildman–Crippen MR) is 116 cm³/mol. The third-order valence-electron chi connectivity index (χ3n) is 4.76. The molecule has 8 heteroatoms. The average molecular weight is 383 g/mol. The molecule has 0 saturated carbocycles. The van der Waals surface area contributed by atoms with Crippen molar-refractivity contribution < 1.29 is 0 Å². The molecule has 0 aliphatic heterocycles. The Morgan fingerprint density at radius 1 is 1.11 bits per heavy atom. The molecule has 0 aliphatic rings. The summed E-state index contributed by atoms with van der Waals surface area (Å²) in [5.74, 6) is 1.58. The average Bonchev–Trinajstić information content (AvgIpc) is 3.10. The maximum absolute atomic E-state index is 5.93. The molecule has 28 heavy (non-hydrogen) atoms. The van der Waals surface area contributed by atoms with E-state index in [1.807, 2.05) is 42.2 Å². The van der Waals surface area contributed by atoms with Crippen LogP contribution in [0.15, 0.2) is 30.6 Å². The number of imidazole rings is 1. The van der Waals surface area contributed by atoms with Gasteiger partial charge < -0.3 is 26.3 Å². The second-order valence-corrected chi connectivity index (χ2v) is 7.50. The summed E-state index contributed by atoms with van der Waals surface area (Å²) in [7, 11) is 1.90. The van der Waals surface area contributed by atoms with Gasteiger partial charge in [0.15, 0.2) is 17.0 Å². The van der Waals surface area contributed by atoms with Crippen molar-refractivity contribution in [3.8, 4) is 0 Å². The molecule has 0 amide bonds. The Labute approximate surface area is 166 Å². The number of aromatic nitrogens is 4. The van der Waals surface area contributed by atoms with E-state index in [4.69, 9.17) is 15.7 Å². The topological polar surface area (TPSA) is 106 Å². The maximum Gasteiger partial charge on any atom is 0.227 e. The highest BCUT2D eigenvalue weighted by Crippen LogP contribution is 2.27. The van der Waals surface area contributed by atoms with Gasteiger partial charge in [-0.15, -0.1) is 0 Å². The molecule has 8 nitrogen and oxygen atoms in total. The fourth-order valence-corrected chi connectivity index (χ4v) is 3.00. The first kappa shape index (κ1) is 19.9. The van der Waals surface area contributed by atoms with E-state index < -0.39 is 0 Å². The largest absolute Gasteiger partial charge is 0.388 e. The Morgan fingerprint density at radius 2 is 1.86 bits per heavy atom. The van der Waals surface area contributed by atoms with Crippen LogP contribution in [0.2, 0.25) is 0 Å². The van der Waals surface area contributed by atoms with Crippen LogP contribution in [0.1, 0.15) is 33.7 Å². The second kappa shape index (κ2) is 8.43. The second-order valence-electron chi connectivity index (χ2n) is 7.50. The molecule has 0 radical (unpaired) electrons. The van der Waals surface area contributed by atoms with Crippen LogP contribution in [-0.4, -0.2) is 39.2 Å².